The van der Waals surface area contributed by atoms with E-state index in [0.717, 1.165) is 0 Å². The fourth-order valence-electron chi connectivity index (χ4n) is 0. The minimum Gasteiger partial charge on any atom is 0 e. The van der Waals surface area contributed by atoms with Crippen molar-refractivity contribution in [1.29, 1.82) is 0 Å². The molecule has 0 spiro atoms. The fourth-order valence-corrected chi connectivity index (χ4v) is 0. The Bertz CT molecular complexity index is 11.6. The van der Waals surface area contributed by atoms with Gasteiger partial charge in [0.1, 0.15) is 0 Å². The zero-order valence-electron chi connectivity index (χ0n) is 2.08. The molecule has 0 aromatic carbocycles. The van der Waals surface area contributed by atoms with E-state index >= 15 is 0 Å². The Morgan fingerprint density at radius 3 is 1.00 bits per heavy atom. The monoisotopic (exact) mass is 169 g/mol. The topological polar surface area (TPSA) is 28.5 Å². The second kappa shape index (κ2) is 52.7. The first-order valence-corrected chi connectivity index (χ1v) is 0. The van der Waals surface area contributed by atoms with Crippen LogP contribution in [0, 0.1) is 7.43 Å². The Morgan fingerprint density at radius 2 is 1.00 bits per heavy atom. The fraction of sp³-hybridized carbons (Fsp3) is 0. The second-order valence-electron chi connectivity index (χ2n) is 0. The average molecular weight is 170 g/mol. The van der Waals surface area contributed by atoms with Gasteiger partial charge in [-0.3, -0.25) is 0 Å². The number of hydrogen-bond acceptors (Lipinski definition) is 0. The summed E-state index contributed by atoms with van der Waals surface area (Å²) in [5, 5.41) is 0. The van der Waals surface area contributed by atoms with Gasteiger partial charge < -0.3 is 0 Å². The van der Waals surface area contributed by atoms with Gasteiger partial charge in [0.15, 0.2) is 0 Å². The van der Waals surface area contributed by atoms with Gasteiger partial charge in [0, 0.05) is 56.7 Å². The molecule has 0 unspecified atom stereocenters. The molecule has 0 fully saturated rings. The van der Waals surface area contributed by atoms with Gasteiger partial charge in [-0.1, -0.05) is 0 Å². The summed E-state index contributed by atoms with van der Waals surface area (Å²) >= 11 is 0. The Morgan fingerprint density at radius 1 is 1.00 bits per heavy atom. The van der Waals surface area contributed by atoms with Crippen molar-refractivity contribution in [2.24, 2.45) is 0 Å². The maximum absolute atomic E-state index is 0. The van der Waals surface area contributed by atoms with Gasteiger partial charge in [0.05, 0.1) is 0 Å². The van der Waals surface area contributed by atoms with Gasteiger partial charge in [-0.05, 0) is 0 Å². The smallest absolute Gasteiger partial charge is 0 e. The van der Waals surface area contributed by atoms with Crippen LogP contribution in [0.2, 0.25) is 0 Å². The van der Waals surface area contributed by atoms with E-state index in [-0.39, 0.29) is 56.7 Å². The van der Waals surface area contributed by atoms with Crippen LogP contribution < -0.4 is 0 Å². The SMILES string of the molecule is [C].[Cr].[Ni].[O].[P]. The molecule has 0 atom stereocenters. The van der Waals surface area contributed by atoms with E-state index in [1.54, 1.807) is 0 Å². The largest absolute Gasteiger partial charge is 0 e. The van der Waals surface area contributed by atoms with Crippen molar-refractivity contribution in [3.05, 3.63) is 7.43 Å². The molecule has 9 radical (unpaired) electrons. The third-order valence-electron chi connectivity index (χ3n) is 0. The van der Waals surface area contributed by atoms with Crippen LogP contribution in [0.15, 0.2) is 0 Å². The molecule has 0 saturated heterocycles. The molecule has 0 bridgehead atoms. The molecule has 31 valence electrons. The number of hydrogen-bond donors (Lipinski definition) is 0. The van der Waals surface area contributed by atoms with Crippen molar-refractivity contribution < 1.29 is 39.3 Å². The Hall–Kier alpha value is 1.42. The molecule has 0 heterocycles. The van der Waals surface area contributed by atoms with Gasteiger partial charge >= 0.3 is 0 Å². The van der Waals surface area contributed by atoms with E-state index in [0.29, 0.717) is 0 Å². The Balaban J connectivity index is 0. The van der Waals surface area contributed by atoms with Gasteiger partial charge in [0.25, 0.3) is 0 Å². The molecule has 0 aliphatic rings. The zero-order valence-corrected chi connectivity index (χ0v) is 5.24. The summed E-state index contributed by atoms with van der Waals surface area (Å²) in [7, 11) is 0. The maximum atomic E-state index is 0. The summed E-state index contributed by atoms with van der Waals surface area (Å²) in [6, 6.07) is 0. The molecule has 0 aromatic rings. The van der Waals surface area contributed by atoms with E-state index in [2.05, 4.69) is 0 Å². The molecule has 0 saturated carbocycles. The summed E-state index contributed by atoms with van der Waals surface area (Å²) in [5.74, 6) is 0. The van der Waals surface area contributed by atoms with Crippen molar-refractivity contribution in [1.82, 2.24) is 0 Å². The third-order valence-corrected chi connectivity index (χ3v) is 0. The first kappa shape index (κ1) is 93.9. The molecule has 0 amide bonds. The predicted molar refractivity (Wildman–Crippen MR) is 10.8 cm³/mol. The molecular formula is CCrNiOP. The van der Waals surface area contributed by atoms with Crippen LogP contribution in [-0.4, -0.2) is 0 Å². The zero-order chi connectivity index (χ0) is 0. The molecular weight excluding hydrogens is 170 g/mol. The van der Waals surface area contributed by atoms with Crippen LogP contribution in [0.25, 0.3) is 0 Å². The van der Waals surface area contributed by atoms with Crippen LogP contribution in [0.5, 0.6) is 0 Å². The molecule has 1 nitrogen and oxygen atoms in total. The van der Waals surface area contributed by atoms with Gasteiger partial charge in [-0.25, -0.2) is 0 Å². The summed E-state index contributed by atoms with van der Waals surface area (Å²) < 4.78 is 0. The number of rotatable bonds is 0. The van der Waals surface area contributed by atoms with Crippen molar-refractivity contribution in [2.75, 3.05) is 0 Å². The van der Waals surface area contributed by atoms with E-state index in [4.69, 9.17) is 0 Å². The van der Waals surface area contributed by atoms with Crippen LogP contribution in [-0.2, 0) is 39.3 Å². The minimum atomic E-state index is 0. The van der Waals surface area contributed by atoms with E-state index in [9.17, 15) is 0 Å². The second-order valence-corrected chi connectivity index (χ2v) is 0. The van der Waals surface area contributed by atoms with Crippen LogP contribution in [0.1, 0.15) is 0 Å². The average Bonchev–Trinajstić information content (AvgIpc) is 0. The summed E-state index contributed by atoms with van der Waals surface area (Å²) in [6.45, 7) is 0. The summed E-state index contributed by atoms with van der Waals surface area (Å²) in [4.78, 5) is 0. The predicted octanol–water partition coefficient (Wildman–Crippen LogP) is 0.819. The van der Waals surface area contributed by atoms with E-state index < -0.39 is 0 Å². The third kappa shape index (κ3) is 31.5. The van der Waals surface area contributed by atoms with Crippen LogP contribution in [0.3, 0.4) is 0 Å². The van der Waals surface area contributed by atoms with Crippen molar-refractivity contribution in [2.45, 2.75) is 0 Å². The Kier molecular flexibility index (Phi) is 989. The maximum Gasteiger partial charge on any atom is 0 e. The van der Waals surface area contributed by atoms with E-state index in [1.807, 2.05) is 0 Å². The van der Waals surface area contributed by atoms with Crippen molar-refractivity contribution in [3.8, 4) is 0 Å². The minimum absolute atomic E-state index is 0. The standard InChI is InChI=1S/C.Cr.Ni.O.P. The molecule has 0 N–H and O–H groups in total. The van der Waals surface area contributed by atoms with Crippen molar-refractivity contribution in [3.63, 3.8) is 0 Å². The molecule has 0 rings (SSSR count). The molecule has 5 heavy (non-hydrogen) atoms. The molecule has 0 aliphatic carbocycles. The van der Waals surface area contributed by atoms with Crippen LogP contribution >= 0.6 is 9.90 Å². The van der Waals surface area contributed by atoms with Gasteiger partial charge in [-0.2, -0.15) is 0 Å². The molecule has 0 aromatic heterocycles. The first-order chi connectivity index (χ1) is 0. The van der Waals surface area contributed by atoms with Gasteiger partial charge in [-0.15, -0.1) is 0 Å². The molecule has 0 aliphatic heterocycles. The molecule has 4 heteroatoms. The summed E-state index contributed by atoms with van der Waals surface area (Å²) in [6.07, 6.45) is 0. The normalized spacial score (nSPS) is 0. The van der Waals surface area contributed by atoms with Crippen LogP contribution in [0.4, 0.5) is 0 Å². The van der Waals surface area contributed by atoms with E-state index in [1.165, 1.54) is 0 Å². The Labute approximate surface area is 56.9 Å². The van der Waals surface area contributed by atoms with Gasteiger partial charge in [0.2, 0.25) is 0 Å². The first-order valence-electron chi connectivity index (χ1n) is 0. The van der Waals surface area contributed by atoms with Crippen molar-refractivity contribution >= 4 is 9.90 Å². The quantitative estimate of drug-likeness (QED) is 0.380. The summed E-state index contributed by atoms with van der Waals surface area (Å²) in [5.41, 5.74) is 0.